The Morgan fingerprint density at radius 1 is 1.03 bits per heavy atom. The van der Waals surface area contributed by atoms with Gasteiger partial charge >= 0.3 is 0 Å². The van der Waals surface area contributed by atoms with Crippen molar-refractivity contribution in [1.29, 1.82) is 5.26 Å². The Morgan fingerprint density at radius 3 is 2.31 bits per heavy atom. The second kappa shape index (κ2) is 11.7. The zero-order valence-electron chi connectivity index (χ0n) is 22.0. The molecule has 2 aliphatic heterocycles. The fourth-order valence-corrected chi connectivity index (χ4v) is 5.28. The maximum absolute atomic E-state index is 13.6. The van der Waals surface area contributed by atoms with Gasteiger partial charge < -0.3 is 9.64 Å². The third-order valence-corrected chi connectivity index (χ3v) is 7.79. The lowest BCUT2D eigenvalue weighted by molar-refractivity contribution is 0.0712. The highest BCUT2D eigenvalue weighted by Crippen LogP contribution is 2.31. The lowest BCUT2D eigenvalue weighted by Gasteiger charge is -2.33. The van der Waals surface area contributed by atoms with Gasteiger partial charge in [0, 0.05) is 45.2 Å². The van der Waals surface area contributed by atoms with Crippen LogP contribution in [0.1, 0.15) is 85.1 Å². The van der Waals surface area contributed by atoms with Gasteiger partial charge in [-0.05, 0) is 111 Å². The average molecular weight is 486 g/mol. The molecule has 5 heteroatoms. The Kier molecular flexibility index (Phi) is 8.38. The van der Waals surface area contributed by atoms with Crippen LogP contribution >= 0.6 is 0 Å². The van der Waals surface area contributed by atoms with E-state index in [1.165, 1.54) is 11.1 Å². The zero-order chi connectivity index (χ0) is 25.7. The number of aliphatic imine (C=N–C) groups is 1. The van der Waals surface area contributed by atoms with Gasteiger partial charge in [0.05, 0.1) is 11.6 Å². The number of carbonyl (C=O) groups excluding carboxylic acids is 1. The third kappa shape index (κ3) is 5.94. The van der Waals surface area contributed by atoms with Crippen LogP contribution in [-0.4, -0.2) is 43.3 Å². The molecule has 2 fully saturated rings. The number of piperidine rings is 1. The Labute approximate surface area is 217 Å². The van der Waals surface area contributed by atoms with Crippen LogP contribution in [0.5, 0.6) is 0 Å². The fraction of sp³-hybridized carbons (Fsp3) is 0.452. The van der Waals surface area contributed by atoms with Crippen LogP contribution in [-0.2, 0) is 4.74 Å². The minimum Gasteiger partial charge on any atom is -0.381 e. The van der Waals surface area contributed by atoms with E-state index in [0.29, 0.717) is 17.4 Å². The first kappa shape index (κ1) is 25.9. The van der Waals surface area contributed by atoms with Gasteiger partial charge in [-0.1, -0.05) is 18.2 Å². The highest BCUT2D eigenvalue weighted by Gasteiger charge is 2.26. The van der Waals surface area contributed by atoms with E-state index in [1.807, 2.05) is 24.0 Å². The van der Waals surface area contributed by atoms with Gasteiger partial charge in [-0.2, -0.15) is 5.26 Å². The molecule has 0 unspecified atom stereocenters. The van der Waals surface area contributed by atoms with E-state index < -0.39 is 0 Å². The van der Waals surface area contributed by atoms with Crippen LogP contribution in [0.4, 0.5) is 0 Å². The molecule has 0 aromatic heterocycles. The van der Waals surface area contributed by atoms with Crippen LogP contribution in [0.3, 0.4) is 0 Å². The predicted octanol–water partition coefficient (Wildman–Crippen LogP) is 6.69. The molecule has 0 atom stereocenters. The minimum atomic E-state index is 0. The normalized spacial score (nSPS) is 18.2. The van der Waals surface area contributed by atoms with Crippen molar-refractivity contribution in [3.05, 3.63) is 75.5 Å². The Morgan fingerprint density at radius 2 is 1.67 bits per heavy atom. The van der Waals surface area contributed by atoms with Crippen LogP contribution < -0.4 is 0 Å². The first-order valence-corrected chi connectivity index (χ1v) is 13.1. The van der Waals surface area contributed by atoms with Crippen LogP contribution in [0.25, 0.3) is 5.57 Å². The molecule has 0 bridgehead atoms. The number of nitrogens with zero attached hydrogens (tertiary/aromatic N) is 3. The van der Waals surface area contributed by atoms with E-state index in [4.69, 9.17) is 15.0 Å². The third-order valence-electron chi connectivity index (χ3n) is 7.79. The van der Waals surface area contributed by atoms with E-state index in [9.17, 15) is 4.79 Å². The van der Waals surface area contributed by atoms with Crippen molar-refractivity contribution in [1.82, 2.24) is 4.90 Å². The number of hydrogen-bond acceptors (Lipinski definition) is 4. The van der Waals surface area contributed by atoms with Gasteiger partial charge in [0.1, 0.15) is 0 Å². The van der Waals surface area contributed by atoms with Gasteiger partial charge in [0.25, 0.3) is 5.91 Å². The van der Waals surface area contributed by atoms with Crippen LogP contribution in [0.15, 0.2) is 47.1 Å². The molecule has 190 valence electrons. The second-order valence-electron chi connectivity index (χ2n) is 10.2. The summed E-state index contributed by atoms with van der Waals surface area (Å²) in [5.41, 5.74) is 8.12. The summed E-state index contributed by atoms with van der Waals surface area (Å²) in [6.07, 6.45) is 6.01. The Hall–Kier alpha value is -3.23. The molecular formula is C31H39N3O2. The van der Waals surface area contributed by atoms with Crippen molar-refractivity contribution in [2.45, 2.75) is 59.3 Å². The van der Waals surface area contributed by atoms with Crippen molar-refractivity contribution in [3.63, 3.8) is 0 Å². The molecule has 2 aromatic rings. The number of likely N-dealkylation sites (tertiary alicyclic amines) is 1. The molecule has 0 aliphatic carbocycles. The van der Waals surface area contributed by atoms with E-state index in [2.05, 4.69) is 57.3 Å². The summed E-state index contributed by atoms with van der Waals surface area (Å²) in [7, 11) is 0. The summed E-state index contributed by atoms with van der Waals surface area (Å²) in [5.74, 6) is 1.02. The number of rotatable bonds is 5. The first-order valence-electron chi connectivity index (χ1n) is 13.1. The number of aryl methyl sites for hydroxylation is 2. The van der Waals surface area contributed by atoms with Gasteiger partial charge in [-0.25, -0.2) is 0 Å². The predicted molar refractivity (Wildman–Crippen MR) is 147 cm³/mol. The lowest BCUT2D eigenvalue weighted by Crippen LogP contribution is -2.38. The summed E-state index contributed by atoms with van der Waals surface area (Å²) in [6.45, 7) is 11.4. The van der Waals surface area contributed by atoms with E-state index in [0.717, 1.165) is 79.9 Å². The van der Waals surface area contributed by atoms with Crippen molar-refractivity contribution >= 4 is 17.7 Å². The van der Waals surface area contributed by atoms with Gasteiger partial charge in [-0.3, -0.25) is 9.79 Å². The SMILES string of the molecule is C/C(N=CC1CCOCC1)=C(/C)c1cc(C(=O)N2CCC(c3ccc(C#N)cc3)CC2)c(C)cc1C.[HH]. The average Bonchev–Trinajstić information content (AvgIpc) is 2.92. The Bertz CT molecular complexity index is 1200. The number of ether oxygens (including phenoxy) is 1. The van der Waals surface area contributed by atoms with E-state index >= 15 is 0 Å². The monoisotopic (exact) mass is 485 g/mol. The number of nitriles is 1. The summed E-state index contributed by atoms with van der Waals surface area (Å²) in [6, 6.07) is 14.3. The number of amides is 1. The number of hydrogen-bond donors (Lipinski definition) is 0. The molecule has 4 rings (SSSR count). The standard InChI is InChI=1S/C31H37N3O2.H2/c1-21-17-22(2)30(18-29(21)23(3)24(4)33-20-26-11-15-36-16-12-26)31(35)34-13-9-28(10-14-34)27-7-5-25(19-32)6-8-27;/h5-8,17-18,20,26,28H,9-16H2,1-4H3;1H/b24-23+,33-20?;. The topological polar surface area (TPSA) is 65.7 Å². The molecule has 0 spiro atoms. The van der Waals surface area contributed by atoms with E-state index in [1.54, 1.807) is 0 Å². The lowest BCUT2D eigenvalue weighted by atomic mass is 9.88. The zero-order valence-corrected chi connectivity index (χ0v) is 22.0. The van der Waals surface area contributed by atoms with Crippen molar-refractivity contribution in [2.24, 2.45) is 10.9 Å². The molecule has 5 nitrogen and oxygen atoms in total. The summed E-state index contributed by atoms with van der Waals surface area (Å²) in [5, 5.41) is 9.04. The molecule has 36 heavy (non-hydrogen) atoms. The summed E-state index contributed by atoms with van der Waals surface area (Å²) in [4.78, 5) is 20.4. The number of carbonyl (C=O) groups is 1. The second-order valence-corrected chi connectivity index (χ2v) is 10.2. The molecule has 0 radical (unpaired) electrons. The molecule has 0 N–H and O–H groups in total. The fourth-order valence-electron chi connectivity index (χ4n) is 5.28. The minimum absolute atomic E-state index is 0. The molecule has 0 saturated carbocycles. The number of benzene rings is 2. The van der Waals surface area contributed by atoms with Crippen LogP contribution in [0, 0.1) is 31.1 Å². The van der Waals surface area contributed by atoms with E-state index in [-0.39, 0.29) is 7.33 Å². The number of allylic oxidation sites excluding steroid dienone is 2. The van der Waals surface area contributed by atoms with Gasteiger partial charge in [-0.15, -0.1) is 0 Å². The highest BCUT2D eigenvalue weighted by atomic mass is 16.5. The maximum atomic E-state index is 13.6. The smallest absolute Gasteiger partial charge is 0.254 e. The Balaban J connectivity index is 0.00000380. The molecule has 2 aliphatic rings. The van der Waals surface area contributed by atoms with Crippen LogP contribution in [0.2, 0.25) is 0 Å². The maximum Gasteiger partial charge on any atom is 0.254 e. The quantitative estimate of drug-likeness (QED) is 0.443. The molecular weight excluding hydrogens is 446 g/mol. The van der Waals surface area contributed by atoms with Gasteiger partial charge in [0.15, 0.2) is 0 Å². The molecule has 2 aromatic carbocycles. The first-order chi connectivity index (χ1) is 17.4. The molecule has 1 amide bonds. The van der Waals surface area contributed by atoms with Crippen molar-refractivity contribution in [2.75, 3.05) is 26.3 Å². The molecule has 2 saturated heterocycles. The van der Waals surface area contributed by atoms with Crippen molar-refractivity contribution < 1.29 is 11.0 Å². The summed E-state index contributed by atoms with van der Waals surface area (Å²) < 4.78 is 5.45. The summed E-state index contributed by atoms with van der Waals surface area (Å²) >= 11 is 0. The van der Waals surface area contributed by atoms with Gasteiger partial charge in [0.2, 0.25) is 0 Å². The molecule has 2 heterocycles. The van der Waals surface area contributed by atoms with Crippen molar-refractivity contribution in [3.8, 4) is 6.07 Å². The largest absolute Gasteiger partial charge is 0.381 e. The highest BCUT2D eigenvalue weighted by molar-refractivity contribution is 5.97.